The van der Waals surface area contributed by atoms with Crippen LogP contribution in [0.3, 0.4) is 0 Å². The largest absolute Gasteiger partial charge is 0.507 e. The number of ketones is 1. The van der Waals surface area contributed by atoms with Gasteiger partial charge in [0.05, 0.1) is 37.0 Å². The second-order valence-corrected chi connectivity index (χ2v) is 10.4. The number of carbonyl (C=O) groups is 3. The summed E-state index contributed by atoms with van der Waals surface area (Å²) in [5, 5.41) is 20.9. The number of rotatable bonds is 7. The minimum Gasteiger partial charge on any atom is -0.507 e. The zero-order valence-electron chi connectivity index (χ0n) is 22.5. The highest BCUT2D eigenvalue weighted by Gasteiger charge is 2.46. The Morgan fingerprint density at radius 2 is 1.62 bits per heavy atom. The lowest BCUT2D eigenvalue weighted by Gasteiger charge is -2.26. The van der Waals surface area contributed by atoms with Crippen molar-refractivity contribution in [1.82, 2.24) is 4.90 Å². The van der Waals surface area contributed by atoms with Crippen LogP contribution in [0.5, 0.6) is 11.5 Å². The molecule has 0 radical (unpaired) electrons. The number of nitrogens with zero attached hydrogens (tertiary/aromatic N) is 1. The summed E-state index contributed by atoms with van der Waals surface area (Å²) >= 11 is 0. The molecule has 1 unspecified atom stereocenters. The molecule has 0 spiro atoms. The fourth-order valence-corrected chi connectivity index (χ4v) is 4.66. The molecule has 1 heterocycles. The summed E-state index contributed by atoms with van der Waals surface area (Å²) in [5.74, 6) is -2.13. The van der Waals surface area contributed by atoms with Crippen LogP contribution in [0.2, 0.25) is 0 Å². The SMILES string of the molecule is COc1cccc(C2/C(=C(\O)c3cc(C(C)(C)C)ccc3OC)C(=O)C(=O)N2Cc2ccc(C(=O)O)cc2)c1. The number of aliphatic hydroxyl groups is 1. The number of methoxy groups -OCH3 is 2. The van der Waals surface area contributed by atoms with Gasteiger partial charge in [-0.25, -0.2) is 4.79 Å². The first-order valence-corrected chi connectivity index (χ1v) is 12.4. The third-order valence-electron chi connectivity index (χ3n) is 6.82. The number of benzene rings is 3. The molecular formula is C31H31NO7. The van der Waals surface area contributed by atoms with E-state index in [9.17, 15) is 24.6 Å². The van der Waals surface area contributed by atoms with Gasteiger partial charge in [-0.15, -0.1) is 0 Å². The summed E-state index contributed by atoms with van der Waals surface area (Å²) < 4.78 is 10.9. The molecule has 39 heavy (non-hydrogen) atoms. The first-order chi connectivity index (χ1) is 18.5. The zero-order valence-corrected chi connectivity index (χ0v) is 22.5. The zero-order chi connectivity index (χ0) is 28.5. The number of aliphatic hydroxyl groups excluding tert-OH is 1. The van der Waals surface area contributed by atoms with E-state index >= 15 is 0 Å². The second-order valence-electron chi connectivity index (χ2n) is 10.4. The Morgan fingerprint density at radius 1 is 0.923 bits per heavy atom. The number of likely N-dealkylation sites (tertiary alicyclic amines) is 1. The van der Waals surface area contributed by atoms with E-state index in [4.69, 9.17) is 9.47 Å². The summed E-state index contributed by atoms with van der Waals surface area (Å²) in [5.41, 5.74) is 2.21. The number of hydrogen-bond donors (Lipinski definition) is 2. The van der Waals surface area contributed by atoms with Crippen molar-refractivity contribution < 1.29 is 34.1 Å². The first-order valence-electron chi connectivity index (χ1n) is 12.4. The number of carboxylic acid groups (broad SMARTS) is 1. The molecule has 4 rings (SSSR count). The second kappa shape index (κ2) is 10.6. The van der Waals surface area contributed by atoms with Gasteiger partial charge in [-0.1, -0.05) is 51.1 Å². The average molecular weight is 530 g/mol. The van der Waals surface area contributed by atoms with Crippen LogP contribution in [-0.2, 0) is 21.5 Å². The number of carboxylic acids is 1. The molecule has 0 aromatic heterocycles. The van der Waals surface area contributed by atoms with Crippen LogP contribution in [0, 0.1) is 0 Å². The van der Waals surface area contributed by atoms with E-state index in [0.29, 0.717) is 28.2 Å². The van der Waals surface area contributed by atoms with Crippen LogP contribution in [-0.4, -0.2) is 47.0 Å². The monoisotopic (exact) mass is 529 g/mol. The molecule has 8 heteroatoms. The maximum atomic E-state index is 13.5. The molecule has 1 aliphatic heterocycles. The van der Waals surface area contributed by atoms with E-state index in [-0.39, 0.29) is 28.9 Å². The van der Waals surface area contributed by atoms with Crippen LogP contribution in [0.4, 0.5) is 0 Å². The van der Waals surface area contributed by atoms with Gasteiger partial charge in [0.1, 0.15) is 17.3 Å². The number of Topliss-reactive ketones (excluding diaryl/α,β-unsaturated/α-hetero) is 1. The highest BCUT2D eigenvalue weighted by molar-refractivity contribution is 6.46. The Bertz CT molecular complexity index is 1460. The smallest absolute Gasteiger partial charge is 0.335 e. The van der Waals surface area contributed by atoms with Crippen molar-refractivity contribution in [1.29, 1.82) is 0 Å². The summed E-state index contributed by atoms with van der Waals surface area (Å²) in [6.07, 6.45) is 0. The van der Waals surface area contributed by atoms with Gasteiger partial charge in [0.15, 0.2) is 0 Å². The molecule has 202 valence electrons. The van der Waals surface area contributed by atoms with Gasteiger partial charge in [-0.3, -0.25) is 9.59 Å². The number of ether oxygens (including phenoxy) is 2. The molecular weight excluding hydrogens is 498 g/mol. The number of hydrogen-bond acceptors (Lipinski definition) is 6. The topological polar surface area (TPSA) is 113 Å². The minimum absolute atomic E-state index is 0.0162. The van der Waals surface area contributed by atoms with Gasteiger partial charge in [-0.05, 0) is 58.5 Å². The van der Waals surface area contributed by atoms with Crippen molar-refractivity contribution >= 4 is 23.4 Å². The molecule has 1 fully saturated rings. The van der Waals surface area contributed by atoms with Crippen molar-refractivity contribution in [2.75, 3.05) is 14.2 Å². The molecule has 3 aromatic carbocycles. The third kappa shape index (κ3) is 5.36. The number of aromatic carboxylic acids is 1. The lowest BCUT2D eigenvalue weighted by atomic mass is 9.85. The Hall–Kier alpha value is -4.59. The minimum atomic E-state index is -1.06. The van der Waals surface area contributed by atoms with Crippen LogP contribution in [0.15, 0.2) is 72.3 Å². The third-order valence-corrected chi connectivity index (χ3v) is 6.82. The van der Waals surface area contributed by atoms with Gasteiger partial charge < -0.3 is 24.6 Å². The molecule has 1 aliphatic rings. The summed E-state index contributed by atoms with van der Waals surface area (Å²) in [6.45, 7) is 6.11. The fraction of sp³-hybridized carbons (Fsp3) is 0.258. The van der Waals surface area contributed by atoms with Crippen molar-refractivity contribution in [3.63, 3.8) is 0 Å². The van der Waals surface area contributed by atoms with Crippen molar-refractivity contribution in [2.24, 2.45) is 0 Å². The fourth-order valence-electron chi connectivity index (χ4n) is 4.66. The number of amides is 1. The van der Waals surface area contributed by atoms with Crippen molar-refractivity contribution in [3.8, 4) is 11.5 Å². The molecule has 3 aromatic rings. The van der Waals surface area contributed by atoms with Crippen LogP contribution < -0.4 is 9.47 Å². The highest BCUT2D eigenvalue weighted by Crippen LogP contribution is 2.43. The molecule has 0 aliphatic carbocycles. The van der Waals surface area contributed by atoms with Crippen LogP contribution >= 0.6 is 0 Å². The Labute approximate surface area is 227 Å². The molecule has 0 bridgehead atoms. The van der Waals surface area contributed by atoms with Gasteiger partial charge in [0, 0.05) is 6.54 Å². The van der Waals surface area contributed by atoms with Crippen LogP contribution in [0.25, 0.3) is 5.76 Å². The maximum absolute atomic E-state index is 13.5. The first kappa shape index (κ1) is 27.4. The van der Waals surface area contributed by atoms with E-state index in [1.165, 1.54) is 31.3 Å². The lowest BCUT2D eigenvalue weighted by Crippen LogP contribution is -2.29. The predicted octanol–water partition coefficient (Wildman–Crippen LogP) is 5.32. The Morgan fingerprint density at radius 3 is 2.21 bits per heavy atom. The maximum Gasteiger partial charge on any atom is 0.335 e. The summed E-state index contributed by atoms with van der Waals surface area (Å²) in [7, 11) is 2.99. The van der Waals surface area contributed by atoms with E-state index in [1.54, 1.807) is 48.5 Å². The predicted molar refractivity (Wildman–Crippen MR) is 146 cm³/mol. The lowest BCUT2D eigenvalue weighted by molar-refractivity contribution is -0.140. The van der Waals surface area contributed by atoms with E-state index in [2.05, 4.69) is 0 Å². The molecule has 2 N–H and O–H groups in total. The number of carbonyl (C=O) groups excluding carboxylic acids is 2. The summed E-state index contributed by atoms with van der Waals surface area (Å²) in [4.78, 5) is 39.6. The van der Waals surface area contributed by atoms with Crippen LogP contribution in [0.1, 0.15) is 59.4 Å². The van der Waals surface area contributed by atoms with Gasteiger partial charge in [0.25, 0.3) is 11.7 Å². The van der Waals surface area contributed by atoms with Gasteiger partial charge >= 0.3 is 5.97 Å². The normalized spacial score (nSPS) is 16.8. The summed E-state index contributed by atoms with van der Waals surface area (Å²) in [6, 6.07) is 17.5. The van der Waals surface area contributed by atoms with Gasteiger partial charge in [0.2, 0.25) is 0 Å². The van der Waals surface area contributed by atoms with E-state index < -0.39 is 23.7 Å². The van der Waals surface area contributed by atoms with Crippen molar-refractivity contribution in [2.45, 2.75) is 38.8 Å². The molecule has 1 saturated heterocycles. The highest BCUT2D eigenvalue weighted by atomic mass is 16.5. The molecule has 1 amide bonds. The molecule has 8 nitrogen and oxygen atoms in total. The average Bonchev–Trinajstić information content (AvgIpc) is 3.17. The molecule has 1 atom stereocenters. The molecule has 0 saturated carbocycles. The van der Waals surface area contributed by atoms with Crippen molar-refractivity contribution in [3.05, 3.63) is 100 Å². The van der Waals surface area contributed by atoms with Gasteiger partial charge in [-0.2, -0.15) is 0 Å². The standard InChI is InChI=1S/C31H31NO7/c1-31(2,3)21-13-14-24(39-5)23(16-21)27(33)25-26(20-7-6-8-22(15-20)38-4)32(29(35)28(25)34)17-18-9-11-19(12-10-18)30(36)37/h6-16,26,33H,17H2,1-5H3,(H,36,37)/b27-25+. The Balaban J connectivity index is 1.91. The quantitative estimate of drug-likeness (QED) is 0.242. The van der Waals surface area contributed by atoms with E-state index in [1.807, 2.05) is 26.8 Å². The Kier molecular flexibility index (Phi) is 7.49. The van der Waals surface area contributed by atoms with E-state index in [0.717, 1.165) is 5.56 Å².